The molecule has 0 radical (unpaired) electrons. The number of sulfone groups is 1. The van der Waals surface area contributed by atoms with Gasteiger partial charge in [0, 0.05) is 29.8 Å². The lowest BCUT2D eigenvalue weighted by molar-refractivity contribution is 0.377. The third kappa shape index (κ3) is 4.79. The van der Waals surface area contributed by atoms with Crippen LogP contribution in [0.5, 0.6) is 0 Å². The molecule has 0 spiro atoms. The average molecular weight is 432 g/mol. The van der Waals surface area contributed by atoms with Crippen LogP contribution in [0.1, 0.15) is 42.1 Å². The Balaban J connectivity index is 2.04. The van der Waals surface area contributed by atoms with E-state index in [1.165, 1.54) is 6.26 Å². The van der Waals surface area contributed by atoms with E-state index in [9.17, 15) is 8.42 Å². The quantitative estimate of drug-likeness (QED) is 0.541. The summed E-state index contributed by atoms with van der Waals surface area (Å²) in [6, 6.07) is 6.76. The average Bonchev–Trinajstić information content (AvgIpc) is 3.24. The summed E-state index contributed by atoms with van der Waals surface area (Å²) in [5, 5.41) is 8.81. The fourth-order valence-electron chi connectivity index (χ4n) is 3.60. The van der Waals surface area contributed by atoms with Gasteiger partial charge in [-0.1, -0.05) is 24.2 Å². The summed E-state index contributed by atoms with van der Waals surface area (Å²) in [6.45, 7) is 7.52. The number of hydrogen-bond donors (Lipinski definition) is 0. The highest BCUT2D eigenvalue weighted by molar-refractivity contribution is 7.90. The number of rotatable bonds is 8. The van der Waals surface area contributed by atoms with Crippen LogP contribution in [-0.2, 0) is 16.4 Å². The van der Waals surface area contributed by atoms with Gasteiger partial charge in [-0.05, 0) is 53.0 Å². The Morgan fingerprint density at radius 3 is 2.57 bits per heavy atom. The molecule has 0 aliphatic rings. The summed E-state index contributed by atoms with van der Waals surface area (Å²) in [4.78, 5) is 7.20. The molecule has 3 rings (SSSR count). The molecular weight excluding hydrogens is 402 g/mol. The number of benzene rings is 1. The Labute approximate surface area is 177 Å². The molecule has 30 heavy (non-hydrogen) atoms. The smallest absolute Gasteiger partial charge is 0.181 e. The summed E-state index contributed by atoms with van der Waals surface area (Å²) in [6.07, 6.45) is 2.12. The van der Waals surface area contributed by atoms with Crippen molar-refractivity contribution in [1.82, 2.24) is 24.8 Å². The Bertz CT molecular complexity index is 1110. The second-order valence-electron chi connectivity index (χ2n) is 7.93. The highest BCUT2D eigenvalue weighted by Gasteiger charge is 2.24. The minimum atomic E-state index is -3.31. The first-order valence-electron chi connectivity index (χ1n) is 9.90. The zero-order valence-corrected chi connectivity index (χ0v) is 19.2. The van der Waals surface area contributed by atoms with Crippen molar-refractivity contribution in [2.24, 2.45) is 0 Å². The fourth-order valence-corrected chi connectivity index (χ4v) is 4.27. The third-order valence-electron chi connectivity index (χ3n) is 5.10. The molecule has 0 N–H and O–H groups in total. The first-order valence-corrected chi connectivity index (χ1v) is 11.8. The molecule has 3 aromatic rings. The Hall–Kier alpha value is -2.52. The molecule has 1 unspecified atom stereocenters. The van der Waals surface area contributed by atoms with Crippen LogP contribution < -0.4 is 0 Å². The van der Waals surface area contributed by atoms with E-state index < -0.39 is 9.84 Å². The zero-order valence-electron chi connectivity index (χ0n) is 18.4. The van der Waals surface area contributed by atoms with Crippen molar-refractivity contribution < 1.29 is 12.9 Å². The van der Waals surface area contributed by atoms with Gasteiger partial charge in [0.1, 0.15) is 11.6 Å². The Morgan fingerprint density at radius 2 is 1.97 bits per heavy atom. The molecule has 9 heteroatoms. The topological polar surface area (TPSA) is 94.1 Å². The molecule has 0 fully saturated rings. The SMILES string of the molecule is Cc1noc(C)c1C(C)c1nc(-c2cccc(S(C)(=O)=O)c2)nn1CCCN(C)C. The molecular formula is C21H29N5O3S. The van der Waals surface area contributed by atoms with E-state index in [2.05, 4.69) is 17.0 Å². The van der Waals surface area contributed by atoms with Gasteiger partial charge in [-0.2, -0.15) is 5.10 Å². The van der Waals surface area contributed by atoms with Crippen LogP contribution >= 0.6 is 0 Å². The summed E-state index contributed by atoms with van der Waals surface area (Å²) in [7, 11) is 0.765. The summed E-state index contributed by atoms with van der Waals surface area (Å²) >= 11 is 0. The van der Waals surface area contributed by atoms with Gasteiger partial charge in [-0.3, -0.25) is 0 Å². The van der Waals surface area contributed by atoms with Crippen LogP contribution in [-0.4, -0.2) is 60.1 Å². The maximum atomic E-state index is 12.0. The second kappa shape index (κ2) is 8.69. The van der Waals surface area contributed by atoms with Crippen molar-refractivity contribution in [2.75, 3.05) is 26.9 Å². The van der Waals surface area contributed by atoms with E-state index in [1.54, 1.807) is 18.2 Å². The molecule has 1 aromatic carbocycles. The molecule has 2 heterocycles. The van der Waals surface area contributed by atoms with Crippen molar-refractivity contribution in [1.29, 1.82) is 0 Å². The molecule has 2 aromatic heterocycles. The Morgan fingerprint density at radius 1 is 1.23 bits per heavy atom. The highest BCUT2D eigenvalue weighted by Crippen LogP contribution is 2.30. The van der Waals surface area contributed by atoms with Gasteiger partial charge >= 0.3 is 0 Å². The van der Waals surface area contributed by atoms with Gasteiger partial charge in [-0.25, -0.2) is 18.1 Å². The zero-order chi connectivity index (χ0) is 22.1. The lowest BCUT2D eigenvalue weighted by Gasteiger charge is -2.14. The lowest BCUT2D eigenvalue weighted by Crippen LogP contribution is -2.17. The van der Waals surface area contributed by atoms with Crippen LogP contribution in [0.15, 0.2) is 33.7 Å². The Kier molecular flexibility index (Phi) is 6.42. The summed E-state index contributed by atoms with van der Waals surface area (Å²) < 4.78 is 31.2. The second-order valence-corrected chi connectivity index (χ2v) is 9.95. The molecule has 0 saturated carbocycles. The van der Waals surface area contributed by atoms with Gasteiger partial charge < -0.3 is 9.42 Å². The normalized spacial score (nSPS) is 13.2. The van der Waals surface area contributed by atoms with Crippen LogP contribution in [0.4, 0.5) is 0 Å². The molecule has 0 bridgehead atoms. The largest absolute Gasteiger partial charge is 0.361 e. The maximum absolute atomic E-state index is 12.0. The molecule has 0 amide bonds. The molecule has 1 atom stereocenters. The van der Waals surface area contributed by atoms with E-state index in [4.69, 9.17) is 14.6 Å². The number of hydrogen-bond acceptors (Lipinski definition) is 7. The lowest BCUT2D eigenvalue weighted by atomic mass is 9.98. The van der Waals surface area contributed by atoms with Gasteiger partial charge in [0.2, 0.25) is 0 Å². The first-order chi connectivity index (χ1) is 14.1. The van der Waals surface area contributed by atoms with E-state index >= 15 is 0 Å². The molecule has 0 saturated heterocycles. The van der Waals surface area contributed by atoms with Crippen LogP contribution in [0, 0.1) is 13.8 Å². The summed E-state index contributed by atoms with van der Waals surface area (Å²) in [5.74, 6) is 2.03. The van der Waals surface area contributed by atoms with Gasteiger partial charge in [0.25, 0.3) is 0 Å². The van der Waals surface area contributed by atoms with E-state index in [-0.39, 0.29) is 10.8 Å². The minimum absolute atomic E-state index is 0.0602. The maximum Gasteiger partial charge on any atom is 0.181 e. The van der Waals surface area contributed by atoms with Crippen LogP contribution in [0.3, 0.4) is 0 Å². The van der Waals surface area contributed by atoms with E-state index in [1.807, 2.05) is 38.7 Å². The fraction of sp³-hybridized carbons (Fsp3) is 0.476. The summed E-state index contributed by atoms with van der Waals surface area (Å²) in [5.41, 5.74) is 2.52. The molecule has 0 aliphatic heterocycles. The predicted octanol–water partition coefficient (Wildman–Crippen LogP) is 3.06. The highest BCUT2D eigenvalue weighted by atomic mass is 32.2. The number of aryl methyl sites for hydroxylation is 3. The third-order valence-corrected chi connectivity index (χ3v) is 6.22. The number of nitrogens with zero attached hydrogens (tertiary/aromatic N) is 5. The minimum Gasteiger partial charge on any atom is -0.361 e. The standard InChI is InChI=1S/C21H29N5O3S/c1-14(19-15(2)24-29-16(19)3)21-22-20(23-26(21)12-8-11-25(4)5)17-9-7-10-18(13-17)30(6,27)28/h7,9-10,13-14H,8,11-12H2,1-6H3. The van der Waals surface area contributed by atoms with Crippen molar-refractivity contribution in [3.05, 3.63) is 47.1 Å². The molecule has 0 aliphatic carbocycles. The first kappa shape index (κ1) is 22.2. The van der Waals surface area contributed by atoms with Crippen molar-refractivity contribution in [3.8, 4) is 11.4 Å². The molecule has 8 nitrogen and oxygen atoms in total. The van der Waals surface area contributed by atoms with Crippen LogP contribution in [0.25, 0.3) is 11.4 Å². The predicted molar refractivity (Wildman–Crippen MR) is 115 cm³/mol. The van der Waals surface area contributed by atoms with Crippen molar-refractivity contribution in [2.45, 2.75) is 44.6 Å². The monoisotopic (exact) mass is 431 g/mol. The van der Waals surface area contributed by atoms with Gasteiger partial charge in [-0.15, -0.1) is 0 Å². The van der Waals surface area contributed by atoms with E-state index in [0.717, 1.165) is 35.8 Å². The van der Waals surface area contributed by atoms with Crippen LogP contribution in [0.2, 0.25) is 0 Å². The van der Waals surface area contributed by atoms with Gasteiger partial charge in [0.15, 0.2) is 15.7 Å². The van der Waals surface area contributed by atoms with E-state index in [0.29, 0.717) is 17.9 Å². The van der Waals surface area contributed by atoms with Gasteiger partial charge in [0.05, 0.1) is 10.6 Å². The van der Waals surface area contributed by atoms with Crippen molar-refractivity contribution in [3.63, 3.8) is 0 Å². The number of aromatic nitrogens is 4. The molecule has 162 valence electrons. The van der Waals surface area contributed by atoms with Crippen molar-refractivity contribution >= 4 is 9.84 Å².